The fourth-order valence-electron chi connectivity index (χ4n) is 3.70. The van der Waals surface area contributed by atoms with E-state index in [1.54, 1.807) is 11.6 Å². The molecule has 4 rings (SSSR count). The number of hydrogen-bond acceptors (Lipinski definition) is 6. The largest absolute Gasteiger partial charge is 0.491 e. The minimum Gasteiger partial charge on any atom is -0.491 e. The van der Waals surface area contributed by atoms with Crippen LogP contribution in [0.5, 0.6) is 5.75 Å². The zero-order valence-corrected chi connectivity index (χ0v) is 16.4. The van der Waals surface area contributed by atoms with Crippen LogP contribution >= 0.6 is 0 Å². The summed E-state index contributed by atoms with van der Waals surface area (Å²) in [6, 6.07) is 9.25. The van der Waals surface area contributed by atoms with Crippen LogP contribution in [0.4, 0.5) is 5.95 Å². The first kappa shape index (κ1) is 19.3. The molecule has 0 saturated carbocycles. The molecule has 0 unspecified atom stereocenters. The lowest BCUT2D eigenvalue weighted by Crippen LogP contribution is -2.34. The van der Waals surface area contributed by atoms with Crippen molar-refractivity contribution in [1.82, 2.24) is 19.1 Å². The normalized spacial score (nSPS) is 15.6. The number of nitrogens with one attached hydrogen (secondary N) is 1. The summed E-state index contributed by atoms with van der Waals surface area (Å²) in [7, 11) is 1.58. The minimum atomic E-state index is -0.854. The van der Waals surface area contributed by atoms with Crippen LogP contribution < -0.4 is 20.9 Å². The summed E-state index contributed by atoms with van der Waals surface area (Å²) in [4.78, 5) is 33.6. The molecule has 0 amide bonds. The van der Waals surface area contributed by atoms with Gasteiger partial charge in [0.05, 0.1) is 6.54 Å². The number of aromatic amines is 1. The van der Waals surface area contributed by atoms with Crippen molar-refractivity contribution < 1.29 is 9.84 Å². The summed E-state index contributed by atoms with van der Waals surface area (Å²) in [5.41, 5.74) is -0.415. The van der Waals surface area contributed by atoms with Crippen molar-refractivity contribution in [2.24, 2.45) is 7.05 Å². The highest BCUT2D eigenvalue weighted by Gasteiger charge is 2.24. The SMILES string of the molecule is Cn1c(=O)[nH]c(=O)c2c1nc(N1CCCCC1)n2C[C@H](O)COc1ccccc1. The molecule has 1 saturated heterocycles. The van der Waals surface area contributed by atoms with Crippen molar-refractivity contribution >= 4 is 17.1 Å². The van der Waals surface area contributed by atoms with Gasteiger partial charge >= 0.3 is 5.69 Å². The number of benzene rings is 1. The van der Waals surface area contributed by atoms with Gasteiger partial charge in [-0.05, 0) is 31.4 Å². The lowest BCUT2D eigenvalue weighted by Gasteiger charge is -2.28. The Balaban J connectivity index is 1.68. The van der Waals surface area contributed by atoms with Crippen molar-refractivity contribution in [3.63, 3.8) is 0 Å². The van der Waals surface area contributed by atoms with Gasteiger partial charge in [0.15, 0.2) is 11.2 Å². The second-order valence-electron chi connectivity index (χ2n) is 7.34. The number of para-hydroxylation sites is 1. The van der Waals surface area contributed by atoms with Crippen LogP contribution in [-0.4, -0.2) is 50.0 Å². The molecular weight excluding hydrogens is 374 g/mol. The first-order valence-electron chi connectivity index (χ1n) is 9.85. The quantitative estimate of drug-likeness (QED) is 0.637. The van der Waals surface area contributed by atoms with Crippen LogP contribution in [0.15, 0.2) is 39.9 Å². The van der Waals surface area contributed by atoms with Crippen molar-refractivity contribution in [3.8, 4) is 5.75 Å². The van der Waals surface area contributed by atoms with E-state index in [0.29, 0.717) is 17.3 Å². The number of ether oxygens (including phenoxy) is 1. The Labute approximate surface area is 167 Å². The summed E-state index contributed by atoms with van der Waals surface area (Å²) in [6.45, 7) is 1.86. The molecule has 0 bridgehead atoms. The number of aryl methyl sites for hydroxylation is 1. The first-order valence-corrected chi connectivity index (χ1v) is 9.85. The fraction of sp³-hybridized carbons (Fsp3) is 0.450. The number of hydrogen-bond donors (Lipinski definition) is 2. The smallest absolute Gasteiger partial charge is 0.329 e. The molecule has 1 fully saturated rings. The third kappa shape index (κ3) is 3.91. The van der Waals surface area contributed by atoms with E-state index in [1.165, 1.54) is 4.57 Å². The topological polar surface area (TPSA) is 105 Å². The van der Waals surface area contributed by atoms with Gasteiger partial charge in [-0.25, -0.2) is 4.79 Å². The van der Waals surface area contributed by atoms with E-state index in [9.17, 15) is 14.7 Å². The average Bonchev–Trinajstić information content (AvgIpc) is 3.12. The zero-order valence-electron chi connectivity index (χ0n) is 16.4. The molecule has 3 aromatic rings. The fourth-order valence-corrected chi connectivity index (χ4v) is 3.70. The first-order chi connectivity index (χ1) is 14.0. The standard InChI is InChI=1S/C20H25N5O4/c1-23-17-16(18(27)22-20(23)28)25(19(21-17)24-10-6-3-7-11-24)12-14(26)13-29-15-8-4-2-5-9-15/h2,4-5,8-9,14,26H,3,6-7,10-13H2,1H3,(H,22,27,28)/t14-/m0/s1. The lowest BCUT2D eigenvalue weighted by molar-refractivity contribution is 0.0936. The number of rotatable bonds is 6. The molecule has 2 aromatic heterocycles. The van der Waals surface area contributed by atoms with E-state index in [1.807, 2.05) is 30.3 Å². The Kier molecular flexibility index (Phi) is 5.39. The molecule has 0 radical (unpaired) electrons. The molecule has 1 aromatic carbocycles. The van der Waals surface area contributed by atoms with Gasteiger partial charge in [-0.15, -0.1) is 0 Å². The number of anilines is 1. The molecular formula is C20H25N5O4. The van der Waals surface area contributed by atoms with Gasteiger partial charge in [0.2, 0.25) is 5.95 Å². The summed E-state index contributed by atoms with van der Waals surface area (Å²) < 4.78 is 8.68. The maximum atomic E-state index is 12.6. The molecule has 3 heterocycles. The van der Waals surface area contributed by atoms with Crippen molar-refractivity contribution in [1.29, 1.82) is 0 Å². The zero-order chi connectivity index (χ0) is 20.4. The van der Waals surface area contributed by atoms with Gasteiger partial charge in [-0.1, -0.05) is 18.2 Å². The highest BCUT2D eigenvalue weighted by Crippen LogP contribution is 2.23. The highest BCUT2D eigenvalue weighted by molar-refractivity contribution is 5.74. The van der Waals surface area contributed by atoms with E-state index in [2.05, 4.69) is 14.9 Å². The number of aromatic nitrogens is 4. The van der Waals surface area contributed by atoms with Crippen molar-refractivity contribution in [2.45, 2.75) is 31.9 Å². The van der Waals surface area contributed by atoms with Crippen LogP contribution in [0.25, 0.3) is 11.2 Å². The molecule has 1 aliphatic heterocycles. The molecule has 0 spiro atoms. The lowest BCUT2D eigenvalue weighted by atomic mass is 10.1. The number of H-pyrrole nitrogens is 1. The number of fused-ring (bicyclic) bond motifs is 1. The van der Waals surface area contributed by atoms with Crippen LogP contribution in [-0.2, 0) is 13.6 Å². The number of aliphatic hydroxyl groups excluding tert-OH is 1. The highest BCUT2D eigenvalue weighted by atomic mass is 16.5. The van der Waals surface area contributed by atoms with E-state index in [-0.39, 0.29) is 18.7 Å². The van der Waals surface area contributed by atoms with Crippen LogP contribution in [0.1, 0.15) is 19.3 Å². The second kappa shape index (κ2) is 8.12. The summed E-state index contributed by atoms with van der Waals surface area (Å²) in [5, 5.41) is 10.6. The molecule has 1 aliphatic rings. The predicted molar refractivity (Wildman–Crippen MR) is 110 cm³/mol. The number of aliphatic hydroxyl groups is 1. The maximum Gasteiger partial charge on any atom is 0.329 e. The number of piperidine rings is 1. The Hall–Kier alpha value is -3.07. The molecule has 29 heavy (non-hydrogen) atoms. The van der Waals surface area contributed by atoms with Crippen molar-refractivity contribution in [2.75, 3.05) is 24.6 Å². The van der Waals surface area contributed by atoms with Crippen LogP contribution in [0, 0.1) is 0 Å². The van der Waals surface area contributed by atoms with Gasteiger partial charge in [0.1, 0.15) is 18.5 Å². The van der Waals surface area contributed by atoms with E-state index in [0.717, 1.165) is 32.4 Å². The molecule has 1 atom stereocenters. The van der Waals surface area contributed by atoms with Crippen LogP contribution in [0.3, 0.4) is 0 Å². The predicted octanol–water partition coefficient (Wildman–Crippen LogP) is 0.853. The summed E-state index contributed by atoms with van der Waals surface area (Å²) in [6.07, 6.45) is 2.38. The third-order valence-electron chi connectivity index (χ3n) is 5.20. The maximum absolute atomic E-state index is 12.6. The average molecular weight is 399 g/mol. The van der Waals surface area contributed by atoms with Gasteiger partial charge in [-0.2, -0.15) is 4.98 Å². The molecule has 2 N–H and O–H groups in total. The third-order valence-corrected chi connectivity index (χ3v) is 5.20. The second-order valence-corrected chi connectivity index (χ2v) is 7.34. The Morgan fingerprint density at radius 1 is 1.17 bits per heavy atom. The van der Waals surface area contributed by atoms with E-state index >= 15 is 0 Å². The summed E-state index contributed by atoms with van der Waals surface area (Å²) >= 11 is 0. The molecule has 154 valence electrons. The van der Waals surface area contributed by atoms with Gasteiger partial charge in [0, 0.05) is 20.1 Å². The van der Waals surface area contributed by atoms with Crippen molar-refractivity contribution in [3.05, 3.63) is 51.2 Å². The van der Waals surface area contributed by atoms with Gasteiger partial charge < -0.3 is 19.3 Å². The van der Waals surface area contributed by atoms with Gasteiger partial charge in [0.25, 0.3) is 5.56 Å². The van der Waals surface area contributed by atoms with E-state index < -0.39 is 17.4 Å². The molecule has 9 heteroatoms. The minimum absolute atomic E-state index is 0.0762. The molecule has 0 aliphatic carbocycles. The summed E-state index contributed by atoms with van der Waals surface area (Å²) in [5.74, 6) is 1.27. The Bertz CT molecular complexity index is 1100. The Morgan fingerprint density at radius 3 is 2.62 bits per heavy atom. The monoisotopic (exact) mass is 399 g/mol. The number of imidazole rings is 1. The van der Waals surface area contributed by atoms with Gasteiger partial charge in [-0.3, -0.25) is 14.3 Å². The molecule has 9 nitrogen and oxygen atoms in total. The Morgan fingerprint density at radius 2 is 1.90 bits per heavy atom. The number of nitrogens with zero attached hydrogens (tertiary/aromatic N) is 4. The van der Waals surface area contributed by atoms with E-state index in [4.69, 9.17) is 4.74 Å². The van der Waals surface area contributed by atoms with Crippen LogP contribution in [0.2, 0.25) is 0 Å².